The van der Waals surface area contributed by atoms with Crippen LogP contribution in [0.3, 0.4) is 0 Å². The van der Waals surface area contributed by atoms with E-state index in [9.17, 15) is 19.5 Å². The number of rotatable bonds is 6. The lowest BCUT2D eigenvalue weighted by Crippen LogP contribution is -2.43. The molecular weight excluding hydrogens is 390 g/mol. The molecule has 146 valence electrons. The molecule has 1 unspecified atom stereocenters. The van der Waals surface area contributed by atoms with Crippen LogP contribution in [-0.2, 0) is 4.79 Å². The number of carboxylic acids is 1. The third kappa shape index (κ3) is 4.52. The quantitative estimate of drug-likeness (QED) is 0.601. The predicted octanol–water partition coefficient (Wildman–Crippen LogP) is 4.69. The second-order valence-electron chi connectivity index (χ2n) is 6.44. The Balaban J connectivity index is 2.02. The Morgan fingerprint density at radius 3 is 2.07 bits per heavy atom. The predicted molar refractivity (Wildman–Crippen MR) is 112 cm³/mol. The molecule has 0 bridgehead atoms. The molecule has 3 aromatic rings. The van der Waals surface area contributed by atoms with Gasteiger partial charge in [-0.3, -0.25) is 14.5 Å². The molecule has 1 amide bonds. The molecule has 0 saturated carbocycles. The molecule has 0 aromatic heterocycles. The Kier molecular flexibility index (Phi) is 6.10. The van der Waals surface area contributed by atoms with Crippen molar-refractivity contribution in [2.45, 2.75) is 13.0 Å². The third-order valence-electron chi connectivity index (χ3n) is 4.48. The minimum atomic E-state index is -1.16. The Hall–Kier alpha value is -3.44. The molecule has 6 heteroatoms. The Labute approximate surface area is 173 Å². The number of nitrogens with zero attached hydrogens (tertiary/aromatic N) is 1. The van der Waals surface area contributed by atoms with Gasteiger partial charge in [0, 0.05) is 27.4 Å². The van der Waals surface area contributed by atoms with E-state index in [4.69, 9.17) is 11.6 Å². The monoisotopic (exact) mass is 407 g/mol. The number of benzene rings is 3. The SMILES string of the molecule is CC(C(=O)O)N(C(=O)c1ccc(Cl)cc1)c1cccc(C(=O)c2ccccc2)c1. The molecule has 1 atom stereocenters. The van der Waals surface area contributed by atoms with Crippen molar-refractivity contribution in [3.8, 4) is 0 Å². The van der Waals surface area contributed by atoms with Crippen LogP contribution < -0.4 is 4.90 Å². The fourth-order valence-electron chi connectivity index (χ4n) is 2.91. The Bertz CT molecular complexity index is 1050. The second-order valence-corrected chi connectivity index (χ2v) is 6.88. The number of aliphatic carboxylic acids is 1. The van der Waals surface area contributed by atoms with Gasteiger partial charge in [0.25, 0.3) is 5.91 Å². The van der Waals surface area contributed by atoms with E-state index >= 15 is 0 Å². The highest BCUT2D eigenvalue weighted by Crippen LogP contribution is 2.24. The van der Waals surface area contributed by atoms with E-state index in [0.29, 0.717) is 27.4 Å². The summed E-state index contributed by atoms with van der Waals surface area (Å²) in [6.07, 6.45) is 0. The third-order valence-corrected chi connectivity index (χ3v) is 4.73. The molecule has 0 aliphatic rings. The van der Waals surface area contributed by atoms with Gasteiger partial charge in [-0.05, 0) is 43.3 Å². The number of anilines is 1. The van der Waals surface area contributed by atoms with Crippen LogP contribution in [0, 0.1) is 0 Å². The summed E-state index contributed by atoms with van der Waals surface area (Å²) >= 11 is 5.88. The molecule has 3 rings (SSSR count). The highest BCUT2D eigenvalue weighted by molar-refractivity contribution is 6.30. The van der Waals surface area contributed by atoms with Crippen molar-refractivity contribution in [2.75, 3.05) is 4.90 Å². The van der Waals surface area contributed by atoms with Crippen molar-refractivity contribution >= 4 is 34.9 Å². The lowest BCUT2D eigenvalue weighted by molar-refractivity contribution is -0.138. The summed E-state index contributed by atoms with van der Waals surface area (Å²) in [7, 11) is 0. The maximum absolute atomic E-state index is 13.1. The standard InChI is InChI=1S/C23H18ClNO4/c1-15(23(28)29)25(22(27)17-10-12-19(24)13-11-17)20-9-5-8-18(14-20)21(26)16-6-3-2-4-7-16/h2-15H,1H3,(H,28,29). The number of halogens is 1. The van der Waals surface area contributed by atoms with E-state index in [0.717, 1.165) is 4.90 Å². The Morgan fingerprint density at radius 2 is 1.45 bits per heavy atom. The van der Waals surface area contributed by atoms with E-state index < -0.39 is 17.9 Å². The number of carboxylic acid groups (broad SMARTS) is 1. The minimum absolute atomic E-state index is 0.214. The van der Waals surface area contributed by atoms with Crippen molar-refractivity contribution < 1.29 is 19.5 Å². The van der Waals surface area contributed by atoms with Gasteiger partial charge in [-0.2, -0.15) is 0 Å². The van der Waals surface area contributed by atoms with Gasteiger partial charge in [-0.15, -0.1) is 0 Å². The first-order valence-corrected chi connectivity index (χ1v) is 9.28. The molecule has 5 nitrogen and oxygen atoms in total. The molecule has 3 aromatic carbocycles. The first-order chi connectivity index (χ1) is 13.9. The van der Waals surface area contributed by atoms with Gasteiger partial charge in [-0.1, -0.05) is 54.1 Å². The van der Waals surface area contributed by atoms with Crippen LogP contribution >= 0.6 is 11.6 Å². The largest absolute Gasteiger partial charge is 0.480 e. The van der Waals surface area contributed by atoms with E-state index in [2.05, 4.69) is 0 Å². The van der Waals surface area contributed by atoms with Crippen molar-refractivity contribution in [2.24, 2.45) is 0 Å². The summed E-state index contributed by atoms with van der Waals surface area (Å²) in [6, 6.07) is 20.2. The van der Waals surface area contributed by atoms with Gasteiger partial charge in [0.15, 0.2) is 5.78 Å². The van der Waals surface area contributed by atoms with Crippen molar-refractivity contribution in [1.82, 2.24) is 0 Å². The van der Waals surface area contributed by atoms with Gasteiger partial charge in [0.2, 0.25) is 0 Å². The summed E-state index contributed by atoms with van der Waals surface area (Å²) in [6.45, 7) is 1.42. The normalized spacial score (nSPS) is 11.5. The van der Waals surface area contributed by atoms with Crippen LogP contribution in [0.25, 0.3) is 0 Å². The fourth-order valence-corrected chi connectivity index (χ4v) is 3.04. The van der Waals surface area contributed by atoms with Crippen molar-refractivity contribution in [1.29, 1.82) is 0 Å². The van der Waals surface area contributed by atoms with E-state index in [1.165, 1.54) is 25.1 Å². The number of ketones is 1. The van der Waals surface area contributed by atoms with Crippen molar-refractivity contribution in [3.05, 3.63) is 101 Å². The molecule has 0 aliphatic carbocycles. The highest BCUT2D eigenvalue weighted by Gasteiger charge is 2.28. The Morgan fingerprint density at radius 1 is 0.828 bits per heavy atom. The average Bonchev–Trinajstić information content (AvgIpc) is 2.74. The van der Waals surface area contributed by atoms with Gasteiger partial charge < -0.3 is 5.11 Å². The maximum atomic E-state index is 13.1. The molecule has 29 heavy (non-hydrogen) atoms. The van der Waals surface area contributed by atoms with E-state index in [1.54, 1.807) is 54.6 Å². The van der Waals surface area contributed by atoms with Gasteiger partial charge in [0.1, 0.15) is 6.04 Å². The van der Waals surface area contributed by atoms with Gasteiger partial charge in [0.05, 0.1) is 0 Å². The lowest BCUT2D eigenvalue weighted by Gasteiger charge is -2.27. The summed E-state index contributed by atoms with van der Waals surface area (Å²) in [5.74, 6) is -1.87. The molecule has 0 saturated heterocycles. The van der Waals surface area contributed by atoms with E-state index in [-0.39, 0.29) is 5.78 Å². The zero-order valence-corrected chi connectivity index (χ0v) is 16.3. The number of hydrogen-bond donors (Lipinski definition) is 1. The highest BCUT2D eigenvalue weighted by atomic mass is 35.5. The average molecular weight is 408 g/mol. The summed E-state index contributed by atoms with van der Waals surface area (Å²) in [4.78, 5) is 38.7. The molecule has 0 heterocycles. The summed E-state index contributed by atoms with van der Waals surface area (Å²) in [5, 5.41) is 10.00. The number of hydrogen-bond acceptors (Lipinski definition) is 3. The van der Waals surface area contributed by atoms with Crippen LogP contribution in [0.15, 0.2) is 78.9 Å². The molecule has 0 radical (unpaired) electrons. The maximum Gasteiger partial charge on any atom is 0.326 e. The number of carbonyl (C=O) groups excluding carboxylic acids is 2. The molecule has 0 fully saturated rings. The van der Waals surface area contributed by atoms with Crippen LogP contribution in [0.5, 0.6) is 0 Å². The minimum Gasteiger partial charge on any atom is -0.480 e. The summed E-state index contributed by atoms with van der Waals surface area (Å²) < 4.78 is 0. The molecule has 1 N–H and O–H groups in total. The summed E-state index contributed by atoms with van der Waals surface area (Å²) in [5.41, 5.74) is 1.48. The topological polar surface area (TPSA) is 74.7 Å². The first-order valence-electron chi connectivity index (χ1n) is 8.90. The van der Waals surface area contributed by atoms with Gasteiger partial charge >= 0.3 is 5.97 Å². The smallest absolute Gasteiger partial charge is 0.326 e. The van der Waals surface area contributed by atoms with Crippen LogP contribution in [0.1, 0.15) is 33.2 Å². The number of amides is 1. The number of carbonyl (C=O) groups is 3. The van der Waals surface area contributed by atoms with Crippen LogP contribution in [0.2, 0.25) is 5.02 Å². The van der Waals surface area contributed by atoms with Crippen LogP contribution in [0.4, 0.5) is 5.69 Å². The zero-order chi connectivity index (χ0) is 21.0. The van der Waals surface area contributed by atoms with Crippen LogP contribution in [-0.4, -0.2) is 28.8 Å². The van der Waals surface area contributed by atoms with Gasteiger partial charge in [-0.25, -0.2) is 4.79 Å². The molecule has 0 aliphatic heterocycles. The first kappa shape index (κ1) is 20.3. The zero-order valence-electron chi connectivity index (χ0n) is 15.6. The fraction of sp³-hybridized carbons (Fsp3) is 0.0870. The lowest BCUT2D eigenvalue weighted by atomic mass is 10.0. The second kappa shape index (κ2) is 8.71. The molecule has 0 spiro atoms. The van der Waals surface area contributed by atoms with E-state index in [1.807, 2.05) is 6.07 Å². The van der Waals surface area contributed by atoms with Crippen molar-refractivity contribution in [3.63, 3.8) is 0 Å². The molecular formula is C23H18ClNO4.